The molecule has 0 bridgehead atoms. The Balaban J connectivity index is 2.51. The second-order valence-electron chi connectivity index (χ2n) is 3.37. The lowest BCUT2D eigenvalue weighted by atomic mass is 10.1. The fourth-order valence-corrected chi connectivity index (χ4v) is 1.72. The topological polar surface area (TPSA) is 38.3 Å². The second kappa shape index (κ2) is 3.17. The van der Waals surface area contributed by atoms with Crippen LogP contribution in [0.1, 0.15) is 12.5 Å². The number of rotatable bonds is 0. The quantitative estimate of drug-likeness (QED) is 0.716. The zero-order valence-corrected chi connectivity index (χ0v) is 8.68. The molecule has 0 fully saturated rings. The van der Waals surface area contributed by atoms with Gasteiger partial charge in [-0.05, 0) is 31.5 Å². The Hall–Kier alpha value is -1.22. The monoisotopic (exact) mass is 211 g/mol. The van der Waals surface area contributed by atoms with Gasteiger partial charge in [-0.3, -0.25) is 4.79 Å². The molecule has 0 aliphatic carbocycles. The number of hydrogen-bond donors (Lipinski definition) is 1. The summed E-state index contributed by atoms with van der Waals surface area (Å²) in [6.07, 6.45) is -0.484. The molecule has 0 spiro atoms. The molecule has 1 unspecified atom stereocenters. The third-order valence-corrected chi connectivity index (χ3v) is 2.39. The van der Waals surface area contributed by atoms with Gasteiger partial charge in [0.25, 0.3) is 5.91 Å². The lowest BCUT2D eigenvalue weighted by Crippen LogP contribution is -2.34. The summed E-state index contributed by atoms with van der Waals surface area (Å²) in [7, 11) is 0. The van der Waals surface area contributed by atoms with Gasteiger partial charge >= 0.3 is 0 Å². The number of anilines is 1. The summed E-state index contributed by atoms with van der Waals surface area (Å²) in [5.41, 5.74) is 1.64. The Morgan fingerprint density at radius 1 is 1.50 bits per heavy atom. The standard InChI is InChI=1S/C10H10ClNO2/c1-5-3-7(11)9-8(4-5)12-10(13)6(2)14-9/h3-4,6H,1-2H3,(H,12,13). The van der Waals surface area contributed by atoms with Crippen molar-refractivity contribution < 1.29 is 9.53 Å². The van der Waals surface area contributed by atoms with Gasteiger partial charge in [0.15, 0.2) is 11.9 Å². The number of hydrogen-bond acceptors (Lipinski definition) is 2. The van der Waals surface area contributed by atoms with Crippen LogP contribution in [0.2, 0.25) is 5.02 Å². The Kier molecular flexibility index (Phi) is 2.11. The van der Waals surface area contributed by atoms with E-state index in [1.807, 2.05) is 19.1 Å². The molecule has 0 radical (unpaired) electrons. The van der Waals surface area contributed by atoms with Gasteiger partial charge < -0.3 is 10.1 Å². The SMILES string of the molecule is Cc1cc(Cl)c2c(c1)NC(=O)C(C)O2. The van der Waals surface area contributed by atoms with E-state index in [2.05, 4.69) is 5.32 Å². The molecule has 3 nitrogen and oxygen atoms in total. The number of halogens is 1. The van der Waals surface area contributed by atoms with Crippen LogP contribution < -0.4 is 10.1 Å². The van der Waals surface area contributed by atoms with E-state index in [9.17, 15) is 4.79 Å². The molecule has 1 aromatic carbocycles. The van der Waals surface area contributed by atoms with Crippen LogP contribution >= 0.6 is 11.6 Å². The highest BCUT2D eigenvalue weighted by molar-refractivity contribution is 6.33. The van der Waals surface area contributed by atoms with Crippen molar-refractivity contribution in [1.29, 1.82) is 0 Å². The van der Waals surface area contributed by atoms with E-state index in [-0.39, 0.29) is 5.91 Å². The van der Waals surface area contributed by atoms with E-state index in [4.69, 9.17) is 16.3 Å². The van der Waals surface area contributed by atoms with Crippen molar-refractivity contribution in [3.8, 4) is 5.75 Å². The number of fused-ring (bicyclic) bond motifs is 1. The number of amides is 1. The summed E-state index contributed by atoms with van der Waals surface area (Å²) in [5, 5.41) is 3.28. The molecule has 0 aromatic heterocycles. The molecule has 0 saturated heterocycles. The van der Waals surface area contributed by atoms with Crippen molar-refractivity contribution in [1.82, 2.24) is 0 Å². The fourth-order valence-electron chi connectivity index (χ4n) is 1.41. The van der Waals surface area contributed by atoms with Gasteiger partial charge in [-0.2, -0.15) is 0 Å². The maximum Gasteiger partial charge on any atom is 0.265 e. The molecule has 0 saturated carbocycles. The first kappa shape index (κ1) is 9.34. The van der Waals surface area contributed by atoms with Gasteiger partial charge in [-0.1, -0.05) is 11.6 Å². The van der Waals surface area contributed by atoms with E-state index in [0.29, 0.717) is 16.5 Å². The third kappa shape index (κ3) is 1.44. The van der Waals surface area contributed by atoms with Gasteiger partial charge in [0.2, 0.25) is 0 Å². The van der Waals surface area contributed by atoms with E-state index < -0.39 is 6.10 Å². The molecule has 1 aliphatic rings. The summed E-state index contributed by atoms with van der Waals surface area (Å²) in [5.74, 6) is 0.420. The minimum atomic E-state index is -0.484. The lowest BCUT2D eigenvalue weighted by molar-refractivity contribution is -0.122. The summed E-state index contributed by atoms with van der Waals surface area (Å²) in [6.45, 7) is 3.60. The third-order valence-electron chi connectivity index (χ3n) is 2.11. The number of ether oxygens (including phenoxy) is 1. The summed E-state index contributed by atoms with van der Waals surface area (Å²) >= 11 is 5.98. The van der Waals surface area contributed by atoms with Gasteiger partial charge in [-0.15, -0.1) is 0 Å². The van der Waals surface area contributed by atoms with Crippen LogP contribution in [0.4, 0.5) is 5.69 Å². The van der Waals surface area contributed by atoms with Gasteiger partial charge in [0, 0.05) is 0 Å². The predicted molar refractivity (Wildman–Crippen MR) is 54.9 cm³/mol. The van der Waals surface area contributed by atoms with Crippen molar-refractivity contribution >= 4 is 23.2 Å². The van der Waals surface area contributed by atoms with Crippen molar-refractivity contribution in [3.05, 3.63) is 22.7 Å². The van der Waals surface area contributed by atoms with E-state index in [1.165, 1.54) is 0 Å². The Bertz CT molecular complexity index is 403. The summed E-state index contributed by atoms with van der Waals surface area (Å²) in [6, 6.07) is 3.65. The number of carbonyl (C=O) groups excluding carboxylic acids is 1. The van der Waals surface area contributed by atoms with Crippen LogP contribution in [0.5, 0.6) is 5.75 Å². The largest absolute Gasteiger partial charge is 0.477 e. The van der Waals surface area contributed by atoms with E-state index in [1.54, 1.807) is 6.92 Å². The first-order chi connectivity index (χ1) is 6.58. The van der Waals surface area contributed by atoms with Crippen LogP contribution in [0.15, 0.2) is 12.1 Å². The molecule has 1 aromatic rings. The molecule has 1 N–H and O–H groups in total. The first-order valence-corrected chi connectivity index (χ1v) is 4.73. The van der Waals surface area contributed by atoms with E-state index in [0.717, 1.165) is 5.56 Å². The molecule has 74 valence electrons. The number of nitrogens with one attached hydrogen (secondary N) is 1. The zero-order chi connectivity index (χ0) is 10.3. The molecule has 1 amide bonds. The lowest BCUT2D eigenvalue weighted by Gasteiger charge is -2.24. The van der Waals surface area contributed by atoms with Crippen molar-refractivity contribution in [3.63, 3.8) is 0 Å². The van der Waals surface area contributed by atoms with Crippen molar-refractivity contribution in [2.75, 3.05) is 5.32 Å². The summed E-state index contributed by atoms with van der Waals surface area (Å²) in [4.78, 5) is 11.3. The maximum absolute atomic E-state index is 11.3. The first-order valence-electron chi connectivity index (χ1n) is 4.35. The molecule has 2 rings (SSSR count). The van der Waals surface area contributed by atoms with E-state index >= 15 is 0 Å². The highest BCUT2D eigenvalue weighted by atomic mass is 35.5. The van der Waals surface area contributed by atoms with Crippen molar-refractivity contribution in [2.45, 2.75) is 20.0 Å². The molecule has 1 aliphatic heterocycles. The summed E-state index contributed by atoms with van der Waals surface area (Å²) < 4.78 is 5.39. The van der Waals surface area contributed by atoms with Crippen molar-refractivity contribution in [2.24, 2.45) is 0 Å². The van der Waals surface area contributed by atoms with Gasteiger partial charge in [0.1, 0.15) is 0 Å². The number of carbonyl (C=O) groups is 1. The molecule has 4 heteroatoms. The fraction of sp³-hybridized carbons (Fsp3) is 0.300. The second-order valence-corrected chi connectivity index (χ2v) is 3.78. The molecule has 1 atom stereocenters. The maximum atomic E-state index is 11.3. The normalized spacial score (nSPS) is 19.6. The number of aryl methyl sites for hydroxylation is 1. The van der Waals surface area contributed by atoms with Crippen LogP contribution in [-0.4, -0.2) is 12.0 Å². The highest BCUT2D eigenvalue weighted by Gasteiger charge is 2.25. The minimum Gasteiger partial charge on any atom is -0.477 e. The minimum absolute atomic E-state index is 0.140. The molecule has 14 heavy (non-hydrogen) atoms. The number of benzene rings is 1. The Morgan fingerprint density at radius 2 is 2.21 bits per heavy atom. The average molecular weight is 212 g/mol. The van der Waals surface area contributed by atoms with Crippen LogP contribution in [0, 0.1) is 6.92 Å². The van der Waals surface area contributed by atoms with Crippen LogP contribution in [0.25, 0.3) is 0 Å². The van der Waals surface area contributed by atoms with Gasteiger partial charge in [-0.25, -0.2) is 0 Å². The highest BCUT2D eigenvalue weighted by Crippen LogP contribution is 2.37. The Labute approximate surface area is 87.0 Å². The van der Waals surface area contributed by atoms with Gasteiger partial charge in [0.05, 0.1) is 10.7 Å². The smallest absolute Gasteiger partial charge is 0.265 e. The van der Waals surface area contributed by atoms with Crippen LogP contribution in [-0.2, 0) is 4.79 Å². The molecular weight excluding hydrogens is 202 g/mol. The Morgan fingerprint density at radius 3 is 2.93 bits per heavy atom. The molecular formula is C10H10ClNO2. The predicted octanol–water partition coefficient (Wildman–Crippen LogP) is 2.37. The van der Waals surface area contributed by atoms with Crippen LogP contribution in [0.3, 0.4) is 0 Å². The zero-order valence-electron chi connectivity index (χ0n) is 7.93. The average Bonchev–Trinajstić information content (AvgIpc) is 2.08. The molecule has 1 heterocycles.